The summed E-state index contributed by atoms with van der Waals surface area (Å²) in [6.07, 6.45) is 0.842. The van der Waals surface area contributed by atoms with E-state index in [-0.39, 0.29) is 24.4 Å². The van der Waals surface area contributed by atoms with Gasteiger partial charge in [0.25, 0.3) is 5.91 Å². The number of anilines is 2. The summed E-state index contributed by atoms with van der Waals surface area (Å²) in [5.41, 5.74) is 2.17. The molecule has 3 N–H and O–H groups in total. The smallest absolute Gasteiger partial charge is 0.337 e. The van der Waals surface area contributed by atoms with E-state index in [1.54, 1.807) is 48.5 Å². The topological polar surface area (TPSA) is 96.5 Å². The summed E-state index contributed by atoms with van der Waals surface area (Å²) in [5, 5.41) is 8.63. The zero-order chi connectivity index (χ0) is 20.5. The zero-order valence-corrected chi connectivity index (χ0v) is 16.2. The van der Waals surface area contributed by atoms with Crippen LogP contribution in [0.1, 0.15) is 41.0 Å². The molecular formula is C21H25N3O4. The minimum absolute atomic E-state index is 0.0425. The Morgan fingerprint density at radius 1 is 1.00 bits per heavy atom. The third kappa shape index (κ3) is 6.12. The average molecular weight is 383 g/mol. The van der Waals surface area contributed by atoms with Crippen molar-refractivity contribution in [1.29, 1.82) is 0 Å². The van der Waals surface area contributed by atoms with Crippen LogP contribution in [0.2, 0.25) is 0 Å². The van der Waals surface area contributed by atoms with Gasteiger partial charge in [0.1, 0.15) is 0 Å². The van der Waals surface area contributed by atoms with Gasteiger partial charge in [0.15, 0.2) is 0 Å². The van der Waals surface area contributed by atoms with E-state index in [0.717, 1.165) is 6.42 Å². The number of methoxy groups -OCH3 is 1. The number of benzene rings is 2. The van der Waals surface area contributed by atoms with Gasteiger partial charge in [-0.25, -0.2) is 4.79 Å². The molecule has 0 heterocycles. The van der Waals surface area contributed by atoms with Crippen molar-refractivity contribution in [3.05, 3.63) is 59.7 Å². The first-order valence-electron chi connectivity index (χ1n) is 9.06. The van der Waals surface area contributed by atoms with Crippen molar-refractivity contribution >= 4 is 29.2 Å². The number of amides is 2. The maximum atomic E-state index is 12.2. The van der Waals surface area contributed by atoms with Crippen molar-refractivity contribution in [3.8, 4) is 0 Å². The Morgan fingerprint density at radius 2 is 1.71 bits per heavy atom. The Hall–Kier alpha value is -3.35. The number of rotatable bonds is 8. The number of carbonyl (C=O) groups is 3. The van der Waals surface area contributed by atoms with Gasteiger partial charge in [-0.2, -0.15) is 0 Å². The molecule has 2 rings (SSSR count). The van der Waals surface area contributed by atoms with Crippen molar-refractivity contribution in [1.82, 2.24) is 5.32 Å². The van der Waals surface area contributed by atoms with Crippen LogP contribution in [0, 0.1) is 0 Å². The van der Waals surface area contributed by atoms with Crippen molar-refractivity contribution in [2.24, 2.45) is 0 Å². The second kappa shape index (κ2) is 10.1. The Morgan fingerprint density at radius 3 is 2.36 bits per heavy atom. The second-order valence-corrected chi connectivity index (χ2v) is 6.33. The van der Waals surface area contributed by atoms with Crippen molar-refractivity contribution < 1.29 is 19.1 Å². The van der Waals surface area contributed by atoms with Crippen LogP contribution < -0.4 is 16.0 Å². The van der Waals surface area contributed by atoms with Crippen LogP contribution >= 0.6 is 0 Å². The van der Waals surface area contributed by atoms with Gasteiger partial charge in [-0.1, -0.05) is 13.0 Å². The first-order valence-corrected chi connectivity index (χ1v) is 9.06. The summed E-state index contributed by atoms with van der Waals surface area (Å²) < 4.78 is 4.64. The summed E-state index contributed by atoms with van der Waals surface area (Å²) >= 11 is 0. The Bertz CT molecular complexity index is 834. The molecule has 0 saturated heterocycles. The van der Waals surface area contributed by atoms with E-state index in [1.165, 1.54) is 7.11 Å². The summed E-state index contributed by atoms with van der Waals surface area (Å²) in [4.78, 5) is 35.8. The van der Waals surface area contributed by atoms with E-state index in [0.29, 0.717) is 22.5 Å². The summed E-state index contributed by atoms with van der Waals surface area (Å²) in [6.45, 7) is 3.98. The molecule has 1 atom stereocenters. The van der Waals surface area contributed by atoms with Crippen LogP contribution in [-0.2, 0) is 9.53 Å². The minimum Gasteiger partial charge on any atom is -0.465 e. The molecule has 148 valence electrons. The Balaban J connectivity index is 1.90. The number of hydrogen-bond acceptors (Lipinski definition) is 5. The third-order valence-corrected chi connectivity index (χ3v) is 4.16. The molecule has 0 aliphatic carbocycles. The standard InChI is InChI=1S/C21H25N3O4/c1-4-14(2)23-20(26)16-6-5-7-18(12-16)24-19(25)13-22-17-10-8-15(9-11-17)21(27)28-3/h5-12,14,22H,4,13H2,1-3H3,(H,23,26)(H,24,25). The number of nitrogens with one attached hydrogen (secondary N) is 3. The van der Waals surface area contributed by atoms with Crippen LogP contribution in [0.3, 0.4) is 0 Å². The lowest BCUT2D eigenvalue weighted by Gasteiger charge is -2.12. The average Bonchev–Trinajstić information content (AvgIpc) is 2.72. The van der Waals surface area contributed by atoms with E-state index >= 15 is 0 Å². The third-order valence-electron chi connectivity index (χ3n) is 4.16. The lowest BCUT2D eigenvalue weighted by atomic mass is 10.1. The molecule has 0 bridgehead atoms. The molecule has 28 heavy (non-hydrogen) atoms. The lowest BCUT2D eigenvalue weighted by Crippen LogP contribution is -2.32. The SMILES string of the molecule is CCC(C)NC(=O)c1cccc(NC(=O)CNc2ccc(C(=O)OC)cc2)c1. The summed E-state index contributed by atoms with van der Waals surface area (Å²) in [5.74, 6) is -0.840. The fraction of sp³-hybridized carbons (Fsp3) is 0.286. The van der Waals surface area contributed by atoms with Crippen molar-refractivity contribution in [2.45, 2.75) is 26.3 Å². The number of ether oxygens (including phenoxy) is 1. The van der Waals surface area contributed by atoms with Gasteiger partial charge in [-0.05, 0) is 55.8 Å². The van der Waals surface area contributed by atoms with Crippen LogP contribution in [0.4, 0.5) is 11.4 Å². The van der Waals surface area contributed by atoms with Crippen LogP contribution in [-0.4, -0.2) is 37.5 Å². The molecule has 7 nitrogen and oxygen atoms in total. The fourth-order valence-electron chi connectivity index (χ4n) is 2.38. The van der Waals surface area contributed by atoms with E-state index < -0.39 is 5.97 Å². The second-order valence-electron chi connectivity index (χ2n) is 6.33. The van der Waals surface area contributed by atoms with E-state index in [1.807, 2.05) is 13.8 Å². The molecule has 0 aliphatic heterocycles. The molecule has 2 aromatic rings. The molecule has 0 aliphatic rings. The molecule has 0 fully saturated rings. The zero-order valence-electron chi connectivity index (χ0n) is 16.2. The maximum Gasteiger partial charge on any atom is 0.337 e. The highest BCUT2D eigenvalue weighted by Crippen LogP contribution is 2.12. The van der Waals surface area contributed by atoms with E-state index in [4.69, 9.17) is 0 Å². The maximum absolute atomic E-state index is 12.2. The first kappa shape index (κ1) is 21.0. The fourth-order valence-corrected chi connectivity index (χ4v) is 2.38. The predicted octanol–water partition coefficient (Wildman–Crippen LogP) is 3.05. The monoisotopic (exact) mass is 383 g/mol. The normalized spacial score (nSPS) is 11.2. The highest BCUT2D eigenvalue weighted by atomic mass is 16.5. The van der Waals surface area contributed by atoms with Crippen molar-refractivity contribution in [3.63, 3.8) is 0 Å². The highest BCUT2D eigenvalue weighted by molar-refractivity contribution is 5.98. The van der Waals surface area contributed by atoms with E-state index in [9.17, 15) is 14.4 Å². The molecule has 0 aromatic heterocycles. The molecule has 7 heteroatoms. The Kier molecular flexibility index (Phi) is 7.56. The van der Waals surface area contributed by atoms with Gasteiger partial charge in [0, 0.05) is 23.0 Å². The molecular weight excluding hydrogens is 358 g/mol. The number of hydrogen-bond donors (Lipinski definition) is 3. The van der Waals surface area contributed by atoms with E-state index in [2.05, 4.69) is 20.7 Å². The van der Waals surface area contributed by atoms with Gasteiger partial charge >= 0.3 is 5.97 Å². The van der Waals surface area contributed by atoms with Gasteiger partial charge in [-0.15, -0.1) is 0 Å². The summed E-state index contributed by atoms with van der Waals surface area (Å²) in [6, 6.07) is 13.5. The van der Waals surface area contributed by atoms with Crippen molar-refractivity contribution in [2.75, 3.05) is 24.3 Å². The lowest BCUT2D eigenvalue weighted by molar-refractivity contribution is -0.114. The molecule has 0 saturated carbocycles. The highest BCUT2D eigenvalue weighted by Gasteiger charge is 2.10. The molecule has 1 unspecified atom stereocenters. The molecule has 0 radical (unpaired) electrons. The quantitative estimate of drug-likeness (QED) is 0.609. The number of esters is 1. The Labute approximate surface area is 164 Å². The molecule has 0 spiro atoms. The molecule has 2 aromatic carbocycles. The van der Waals surface area contributed by atoms with Crippen LogP contribution in [0.5, 0.6) is 0 Å². The van der Waals surface area contributed by atoms with Crippen LogP contribution in [0.25, 0.3) is 0 Å². The molecule has 2 amide bonds. The van der Waals surface area contributed by atoms with Crippen LogP contribution in [0.15, 0.2) is 48.5 Å². The number of carbonyl (C=O) groups excluding carboxylic acids is 3. The van der Waals surface area contributed by atoms with Gasteiger partial charge in [0.2, 0.25) is 5.91 Å². The van der Waals surface area contributed by atoms with Gasteiger partial charge < -0.3 is 20.7 Å². The largest absolute Gasteiger partial charge is 0.465 e. The summed E-state index contributed by atoms with van der Waals surface area (Å²) in [7, 11) is 1.32. The van der Waals surface area contributed by atoms with Gasteiger partial charge in [-0.3, -0.25) is 9.59 Å². The predicted molar refractivity (Wildman–Crippen MR) is 109 cm³/mol. The first-order chi connectivity index (χ1) is 13.4. The van der Waals surface area contributed by atoms with Gasteiger partial charge in [0.05, 0.1) is 19.2 Å². The minimum atomic E-state index is -0.415.